The van der Waals surface area contributed by atoms with Gasteiger partial charge in [-0.3, -0.25) is 4.99 Å². The van der Waals surface area contributed by atoms with Crippen molar-refractivity contribution in [2.45, 2.75) is 26.2 Å². The van der Waals surface area contributed by atoms with Crippen LogP contribution in [0.5, 0.6) is 5.75 Å². The molecule has 5 heteroatoms. The smallest absolute Gasteiger partial charge is 0.193 e. The topological polar surface area (TPSA) is 59.6 Å². The largest absolute Gasteiger partial charge is 0.497 e. The van der Waals surface area contributed by atoms with E-state index in [1.165, 1.54) is 11.1 Å². The molecular weight excluding hydrogens is 413 g/mol. The minimum absolute atomic E-state index is 0. The standard InChI is InChI=1S/C19H25N3O.HI/c1-3-15-6-10-17(11-7-15)22-19(20)21-14-4-5-16-8-12-18(23-2)13-9-16;/h6-13H,3-5,14H2,1-2H3,(H3,20,21,22);1H. The van der Waals surface area contributed by atoms with Crippen LogP contribution in [0.4, 0.5) is 5.69 Å². The minimum Gasteiger partial charge on any atom is -0.497 e. The van der Waals surface area contributed by atoms with Crippen LogP contribution in [0.1, 0.15) is 24.5 Å². The van der Waals surface area contributed by atoms with Gasteiger partial charge in [0.15, 0.2) is 5.96 Å². The van der Waals surface area contributed by atoms with Crippen molar-refractivity contribution in [2.24, 2.45) is 10.7 Å². The van der Waals surface area contributed by atoms with Crippen LogP contribution in [0.2, 0.25) is 0 Å². The molecule has 0 bridgehead atoms. The first kappa shape index (κ1) is 20.3. The zero-order valence-corrected chi connectivity index (χ0v) is 16.6. The SMILES string of the molecule is CCc1ccc(NC(N)=NCCCc2ccc(OC)cc2)cc1.I. The zero-order valence-electron chi connectivity index (χ0n) is 14.3. The number of nitrogens with one attached hydrogen (secondary N) is 1. The Kier molecular flexibility index (Phi) is 9.22. The van der Waals surface area contributed by atoms with Gasteiger partial charge in [-0.2, -0.15) is 0 Å². The maximum absolute atomic E-state index is 5.92. The number of hydrogen-bond donors (Lipinski definition) is 2. The predicted octanol–water partition coefficient (Wildman–Crippen LogP) is 4.24. The first-order valence-corrected chi connectivity index (χ1v) is 8.00. The number of ether oxygens (including phenoxy) is 1. The van der Waals surface area contributed by atoms with Crippen LogP contribution in [0.3, 0.4) is 0 Å². The molecule has 4 nitrogen and oxygen atoms in total. The molecule has 0 aromatic heterocycles. The monoisotopic (exact) mass is 439 g/mol. The third-order valence-electron chi connectivity index (χ3n) is 3.70. The summed E-state index contributed by atoms with van der Waals surface area (Å²) in [5, 5.41) is 3.12. The van der Waals surface area contributed by atoms with Crippen LogP contribution >= 0.6 is 24.0 Å². The number of nitrogens with zero attached hydrogens (tertiary/aromatic N) is 1. The van der Waals surface area contributed by atoms with Gasteiger partial charge >= 0.3 is 0 Å². The molecule has 3 N–H and O–H groups in total. The number of guanidine groups is 1. The molecule has 0 saturated heterocycles. The Bertz CT molecular complexity index is 624. The summed E-state index contributed by atoms with van der Waals surface area (Å²) in [6.45, 7) is 2.85. The lowest BCUT2D eigenvalue weighted by atomic mass is 10.1. The fourth-order valence-electron chi connectivity index (χ4n) is 2.29. The second kappa shape index (κ2) is 10.9. The van der Waals surface area contributed by atoms with Gasteiger partial charge in [0.25, 0.3) is 0 Å². The van der Waals surface area contributed by atoms with E-state index in [0.29, 0.717) is 12.5 Å². The molecule has 24 heavy (non-hydrogen) atoms. The number of nitrogens with two attached hydrogens (primary N) is 1. The van der Waals surface area contributed by atoms with Gasteiger partial charge in [0.05, 0.1) is 7.11 Å². The summed E-state index contributed by atoms with van der Waals surface area (Å²) in [5.41, 5.74) is 9.48. The summed E-state index contributed by atoms with van der Waals surface area (Å²) < 4.78 is 5.15. The van der Waals surface area contributed by atoms with E-state index in [-0.39, 0.29) is 24.0 Å². The number of aliphatic imine (C=N–C) groups is 1. The average molecular weight is 439 g/mol. The molecule has 0 radical (unpaired) electrons. The molecule has 2 aromatic carbocycles. The summed E-state index contributed by atoms with van der Waals surface area (Å²) in [5.74, 6) is 1.35. The van der Waals surface area contributed by atoms with Crippen molar-refractivity contribution in [1.82, 2.24) is 0 Å². The normalized spacial score (nSPS) is 10.8. The highest BCUT2D eigenvalue weighted by Gasteiger charge is 1.97. The van der Waals surface area contributed by atoms with E-state index < -0.39 is 0 Å². The lowest BCUT2D eigenvalue weighted by molar-refractivity contribution is 0.414. The van der Waals surface area contributed by atoms with Gasteiger partial charge in [0.2, 0.25) is 0 Å². The maximum Gasteiger partial charge on any atom is 0.193 e. The highest BCUT2D eigenvalue weighted by atomic mass is 127. The van der Waals surface area contributed by atoms with E-state index in [2.05, 4.69) is 41.5 Å². The number of benzene rings is 2. The molecule has 2 aromatic rings. The predicted molar refractivity (Wildman–Crippen MR) is 113 cm³/mol. The van der Waals surface area contributed by atoms with E-state index in [4.69, 9.17) is 10.5 Å². The molecule has 0 spiro atoms. The van der Waals surface area contributed by atoms with Crippen molar-refractivity contribution in [3.8, 4) is 5.75 Å². The van der Waals surface area contributed by atoms with Gasteiger partial charge in [-0.15, -0.1) is 24.0 Å². The van der Waals surface area contributed by atoms with Crippen molar-refractivity contribution in [3.05, 3.63) is 59.7 Å². The Morgan fingerprint density at radius 1 is 1.04 bits per heavy atom. The van der Waals surface area contributed by atoms with Crippen molar-refractivity contribution >= 4 is 35.6 Å². The third-order valence-corrected chi connectivity index (χ3v) is 3.70. The van der Waals surface area contributed by atoms with Crippen LogP contribution in [0.25, 0.3) is 0 Å². The quantitative estimate of drug-likeness (QED) is 0.294. The molecule has 2 rings (SSSR count). The van der Waals surface area contributed by atoms with Gasteiger partial charge in [-0.25, -0.2) is 0 Å². The molecule has 0 heterocycles. The number of rotatable bonds is 7. The lowest BCUT2D eigenvalue weighted by Gasteiger charge is -2.06. The fraction of sp³-hybridized carbons (Fsp3) is 0.316. The van der Waals surface area contributed by atoms with E-state index in [1.807, 2.05) is 24.3 Å². The van der Waals surface area contributed by atoms with Gasteiger partial charge < -0.3 is 15.8 Å². The van der Waals surface area contributed by atoms with Crippen LogP contribution in [0, 0.1) is 0 Å². The number of anilines is 1. The Morgan fingerprint density at radius 2 is 1.67 bits per heavy atom. The van der Waals surface area contributed by atoms with Gasteiger partial charge in [0.1, 0.15) is 5.75 Å². The first-order valence-electron chi connectivity index (χ1n) is 8.00. The zero-order chi connectivity index (χ0) is 16.5. The van der Waals surface area contributed by atoms with Gasteiger partial charge in [-0.05, 0) is 54.7 Å². The molecule has 0 amide bonds. The van der Waals surface area contributed by atoms with Crippen molar-refractivity contribution in [2.75, 3.05) is 19.0 Å². The summed E-state index contributed by atoms with van der Waals surface area (Å²) in [7, 11) is 1.68. The average Bonchev–Trinajstić information content (AvgIpc) is 2.60. The molecule has 0 unspecified atom stereocenters. The second-order valence-electron chi connectivity index (χ2n) is 5.39. The Labute approximate surface area is 161 Å². The van der Waals surface area contributed by atoms with Crippen LogP contribution in [-0.4, -0.2) is 19.6 Å². The van der Waals surface area contributed by atoms with Crippen molar-refractivity contribution in [3.63, 3.8) is 0 Å². The Balaban J connectivity index is 0.00000288. The highest BCUT2D eigenvalue weighted by molar-refractivity contribution is 14.0. The molecular formula is C19H26IN3O. The van der Waals surface area contributed by atoms with Crippen LogP contribution in [-0.2, 0) is 12.8 Å². The number of aryl methyl sites for hydroxylation is 2. The summed E-state index contributed by atoms with van der Waals surface area (Å²) in [6.07, 6.45) is 2.98. The molecule has 0 atom stereocenters. The minimum atomic E-state index is 0. The summed E-state index contributed by atoms with van der Waals surface area (Å²) in [6, 6.07) is 16.4. The highest BCUT2D eigenvalue weighted by Crippen LogP contribution is 2.12. The van der Waals surface area contributed by atoms with E-state index in [9.17, 15) is 0 Å². The van der Waals surface area contributed by atoms with Crippen LogP contribution in [0.15, 0.2) is 53.5 Å². The van der Waals surface area contributed by atoms with Crippen molar-refractivity contribution < 1.29 is 4.74 Å². The molecule has 130 valence electrons. The van der Waals surface area contributed by atoms with E-state index in [0.717, 1.165) is 30.7 Å². The number of halogens is 1. The van der Waals surface area contributed by atoms with Crippen LogP contribution < -0.4 is 15.8 Å². The number of hydrogen-bond acceptors (Lipinski definition) is 2. The molecule has 0 aliphatic rings. The maximum atomic E-state index is 5.92. The molecule has 0 aliphatic heterocycles. The summed E-state index contributed by atoms with van der Waals surface area (Å²) in [4.78, 5) is 4.37. The third kappa shape index (κ3) is 6.78. The number of methoxy groups -OCH3 is 1. The molecule has 0 saturated carbocycles. The van der Waals surface area contributed by atoms with Gasteiger partial charge in [-0.1, -0.05) is 31.2 Å². The molecule has 0 fully saturated rings. The van der Waals surface area contributed by atoms with Crippen molar-refractivity contribution in [1.29, 1.82) is 0 Å². The Hall–Kier alpha value is -1.76. The first-order chi connectivity index (χ1) is 11.2. The van der Waals surface area contributed by atoms with E-state index in [1.54, 1.807) is 7.11 Å². The van der Waals surface area contributed by atoms with Gasteiger partial charge in [0, 0.05) is 12.2 Å². The van der Waals surface area contributed by atoms with E-state index >= 15 is 0 Å². The fourth-order valence-corrected chi connectivity index (χ4v) is 2.29. The Morgan fingerprint density at radius 3 is 2.25 bits per heavy atom. The molecule has 0 aliphatic carbocycles. The summed E-state index contributed by atoms with van der Waals surface area (Å²) >= 11 is 0. The second-order valence-corrected chi connectivity index (χ2v) is 5.39. The lowest BCUT2D eigenvalue weighted by Crippen LogP contribution is -2.22.